The molecule has 0 saturated carbocycles. The minimum Gasteiger partial charge on any atom is -0.467 e. The van der Waals surface area contributed by atoms with E-state index in [0.717, 1.165) is 27.7 Å². The molecule has 138 valence electrons. The largest absolute Gasteiger partial charge is 0.467 e. The van der Waals surface area contributed by atoms with Crippen molar-refractivity contribution in [3.8, 4) is 0 Å². The molecule has 4 rings (SSSR count). The number of nitrogens with zero attached hydrogens (tertiary/aromatic N) is 1. The summed E-state index contributed by atoms with van der Waals surface area (Å²) in [4.78, 5) is 30.7. The van der Waals surface area contributed by atoms with Gasteiger partial charge < -0.3 is 14.6 Å². The molecule has 0 fully saturated rings. The highest BCUT2D eigenvalue weighted by Crippen LogP contribution is 2.41. The number of amides is 1. The van der Waals surface area contributed by atoms with Gasteiger partial charge in [-0.1, -0.05) is 55.5 Å². The first kappa shape index (κ1) is 17.3. The Morgan fingerprint density at radius 2 is 1.81 bits per heavy atom. The van der Waals surface area contributed by atoms with E-state index in [1.54, 1.807) is 4.90 Å². The molecule has 2 aromatic carbocycles. The van der Waals surface area contributed by atoms with Gasteiger partial charge in [0.1, 0.15) is 6.04 Å². The van der Waals surface area contributed by atoms with Crippen LogP contribution in [0.15, 0.2) is 54.6 Å². The molecule has 0 aliphatic carbocycles. The number of rotatable bonds is 3. The van der Waals surface area contributed by atoms with Crippen LogP contribution in [0.4, 0.5) is 0 Å². The number of nitrogens with one attached hydrogen (secondary N) is 1. The van der Waals surface area contributed by atoms with Gasteiger partial charge in [-0.3, -0.25) is 4.79 Å². The normalized spacial score (nSPS) is 19.0. The lowest BCUT2D eigenvalue weighted by Gasteiger charge is -2.41. The third-order valence-electron chi connectivity index (χ3n) is 5.31. The van der Waals surface area contributed by atoms with Gasteiger partial charge in [-0.15, -0.1) is 0 Å². The number of fused-ring (bicyclic) bond motifs is 3. The smallest absolute Gasteiger partial charge is 0.328 e. The number of aromatic nitrogens is 1. The van der Waals surface area contributed by atoms with Gasteiger partial charge >= 0.3 is 5.97 Å². The predicted molar refractivity (Wildman–Crippen MR) is 103 cm³/mol. The zero-order valence-corrected chi connectivity index (χ0v) is 15.4. The van der Waals surface area contributed by atoms with Gasteiger partial charge in [0, 0.05) is 29.4 Å². The van der Waals surface area contributed by atoms with Crippen molar-refractivity contribution < 1.29 is 14.3 Å². The molecule has 5 nitrogen and oxygen atoms in total. The van der Waals surface area contributed by atoms with Crippen LogP contribution < -0.4 is 0 Å². The lowest BCUT2D eigenvalue weighted by molar-refractivity contribution is -0.155. The molecular formula is C22H22N2O3. The van der Waals surface area contributed by atoms with E-state index in [1.165, 1.54) is 7.11 Å². The molecule has 1 N–H and O–H groups in total. The monoisotopic (exact) mass is 362 g/mol. The Morgan fingerprint density at radius 1 is 1.11 bits per heavy atom. The molecule has 1 aliphatic heterocycles. The van der Waals surface area contributed by atoms with Crippen LogP contribution in [0.1, 0.15) is 36.2 Å². The van der Waals surface area contributed by atoms with Crippen LogP contribution in [0.3, 0.4) is 0 Å². The molecule has 5 heteroatoms. The molecule has 0 saturated heterocycles. The van der Waals surface area contributed by atoms with E-state index >= 15 is 0 Å². The van der Waals surface area contributed by atoms with Crippen molar-refractivity contribution >= 4 is 22.8 Å². The maximum Gasteiger partial charge on any atom is 0.328 e. The highest BCUT2D eigenvalue weighted by Gasteiger charge is 2.43. The molecule has 0 radical (unpaired) electrons. The molecule has 1 aromatic heterocycles. The van der Waals surface area contributed by atoms with E-state index in [-0.39, 0.29) is 17.9 Å². The number of benzene rings is 2. The molecule has 0 spiro atoms. The van der Waals surface area contributed by atoms with E-state index in [1.807, 2.05) is 55.5 Å². The first-order valence-electron chi connectivity index (χ1n) is 9.19. The van der Waals surface area contributed by atoms with Gasteiger partial charge in [0.25, 0.3) is 0 Å². The van der Waals surface area contributed by atoms with Crippen molar-refractivity contribution in [2.24, 2.45) is 0 Å². The number of aromatic amines is 1. The standard InChI is InChI=1S/C22H22N2O3/c1-3-19(25)24-18(22(26)27-2)13-16-15-11-7-8-12-17(15)23-20(16)21(24)14-9-5-4-6-10-14/h4-12,18,21,23H,3,13H2,1-2H3/t18-,21+/m1/s1. The fraction of sp³-hybridized carbons (Fsp3) is 0.273. The van der Waals surface area contributed by atoms with Gasteiger partial charge in [-0.25, -0.2) is 4.79 Å². The van der Waals surface area contributed by atoms with Crippen molar-refractivity contribution in [3.05, 3.63) is 71.4 Å². The Bertz CT molecular complexity index is 993. The summed E-state index contributed by atoms with van der Waals surface area (Å²) >= 11 is 0. The molecule has 0 bridgehead atoms. The molecule has 0 unspecified atom stereocenters. The fourth-order valence-electron chi connectivity index (χ4n) is 4.08. The Kier molecular flexibility index (Phi) is 4.44. The second kappa shape index (κ2) is 6.91. The van der Waals surface area contributed by atoms with Gasteiger partial charge in [0.05, 0.1) is 13.2 Å². The van der Waals surface area contributed by atoms with Crippen LogP contribution in [0.25, 0.3) is 10.9 Å². The lowest BCUT2D eigenvalue weighted by atomic mass is 9.87. The second-order valence-corrected chi connectivity index (χ2v) is 6.77. The molecule has 2 atom stereocenters. The van der Waals surface area contributed by atoms with Crippen LogP contribution in [0.5, 0.6) is 0 Å². The first-order valence-corrected chi connectivity index (χ1v) is 9.19. The number of H-pyrrole nitrogens is 1. The quantitative estimate of drug-likeness (QED) is 0.724. The Labute approximate surface area is 157 Å². The summed E-state index contributed by atoms with van der Waals surface area (Å²) in [6.45, 7) is 1.82. The fourth-order valence-corrected chi connectivity index (χ4v) is 4.08. The van der Waals surface area contributed by atoms with Gasteiger partial charge in [0.2, 0.25) is 5.91 Å². The first-order chi connectivity index (χ1) is 13.2. The SMILES string of the molecule is CCC(=O)N1[C@@H](c2ccccc2)c2[nH]c3ccccc3c2C[C@@H]1C(=O)OC. The summed E-state index contributed by atoms with van der Waals surface area (Å²) in [5.41, 5.74) is 4.04. The van der Waals surface area contributed by atoms with Crippen molar-refractivity contribution in [2.75, 3.05) is 7.11 Å². The van der Waals surface area contributed by atoms with Gasteiger partial charge in [0.15, 0.2) is 0 Å². The molecule has 27 heavy (non-hydrogen) atoms. The second-order valence-electron chi connectivity index (χ2n) is 6.77. The highest BCUT2D eigenvalue weighted by molar-refractivity contribution is 5.90. The Hall–Kier alpha value is -3.08. The summed E-state index contributed by atoms with van der Waals surface area (Å²) in [5.74, 6) is -0.447. The number of hydrogen-bond acceptors (Lipinski definition) is 3. The number of methoxy groups -OCH3 is 1. The van der Waals surface area contributed by atoms with Crippen LogP contribution >= 0.6 is 0 Å². The summed E-state index contributed by atoms with van der Waals surface area (Å²) in [6, 6.07) is 16.9. The van der Waals surface area contributed by atoms with E-state index in [2.05, 4.69) is 11.1 Å². The number of para-hydroxylation sites is 1. The lowest BCUT2D eigenvalue weighted by Crippen LogP contribution is -2.51. The van der Waals surface area contributed by atoms with Crippen molar-refractivity contribution in [1.82, 2.24) is 9.88 Å². The molecule has 3 aromatic rings. The Balaban J connectivity index is 1.98. The van der Waals surface area contributed by atoms with E-state index < -0.39 is 6.04 Å². The van der Waals surface area contributed by atoms with E-state index in [9.17, 15) is 9.59 Å². The summed E-state index contributed by atoms with van der Waals surface area (Å²) in [7, 11) is 1.37. The van der Waals surface area contributed by atoms with Gasteiger partial charge in [-0.2, -0.15) is 0 Å². The summed E-state index contributed by atoms with van der Waals surface area (Å²) < 4.78 is 5.06. The molecule has 1 amide bonds. The summed E-state index contributed by atoms with van der Waals surface area (Å²) in [6.07, 6.45) is 0.771. The molecule has 2 heterocycles. The summed E-state index contributed by atoms with van der Waals surface area (Å²) in [5, 5.41) is 1.09. The van der Waals surface area contributed by atoms with Crippen LogP contribution in [-0.2, 0) is 20.7 Å². The van der Waals surface area contributed by atoms with Crippen molar-refractivity contribution in [1.29, 1.82) is 0 Å². The minimum absolute atomic E-state index is 0.0661. The number of hydrogen-bond donors (Lipinski definition) is 1. The highest BCUT2D eigenvalue weighted by atomic mass is 16.5. The van der Waals surface area contributed by atoms with Gasteiger partial charge in [-0.05, 0) is 17.2 Å². The number of ether oxygens (including phenoxy) is 1. The zero-order chi connectivity index (χ0) is 19.0. The van der Waals surface area contributed by atoms with Crippen LogP contribution in [-0.4, -0.2) is 34.9 Å². The number of esters is 1. The van der Waals surface area contributed by atoms with E-state index in [0.29, 0.717) is 12.8 Å². The van der Waals surface area contributed by atoms with Crippen LogP contribution in [0.2, 0.25) is 0 Å². The minimum atomic E-state index is -0.639. The van der Waals surface area contributed by atoms with Crippen molar-refractivity contribution in [3.63, 3.8) is 0 Å². The van der Waals surface area contributed by atoms with Crippen LogP contribution in [0, 0.1) is 0 Å². The molecular weight excluding hydrogens is 340 g/mol. The third-order valence-corrected chi connectivity index (χ3v) is 5.31. The average molecular weight is 362 g/mol. The topological polar surface area (TPSA) is 62.4 Å². The molecule has 1 aliphatic rings. The van der Waals surface area contributed by atoms with E-state index in [4.69, 9.17) is 4.74 Å². The Morgan fingerprint density at radius 3 is 2.52 bits per heavy atom. The zero-order valence-electron chi connectivity index (χ0n) is 15.4. The van der Waals surface area contributed by atoms with Crippen molar-refractivity contribution in [2.45, 2.75) is 31.8 Å². The average Bonchev–Trinajstić information content (AvgIpc) is 3.10. The number of carbonyl (C=O) groups excluding carboxylic acids is 2. The maximum atomic E-state index is 12.9. The predicted octanol–water partition coefficient (Wildman–Crippen LogP) is 3.59. The third kappa shape index (κ3) is 2.79. The number of carbonyl (C=O) groups is 2. The maximum absolute atomic E-state index is 12.9.